The number of nitrogens with zero attached hydrogens (tertiary/aromatic N) is 1. The first-order valence-corrected chi connectivity index (χ1v) is 8.00. The van der Waals surface area contributed by atoms with E-state index >= 15 is 0 Å². The lowest BCUT2D eigenvalue weighted by Gasteiger charge is -2.14. The van der Waals surface area contributed by atoms with Crippen molar-refractivity contribution in [3.63, 3.8) is 0 Å². The quantitative estimate of drug-likeness (QED) is 0.588. The maximum atomic E-state index is 10.6. The van der Waals surface area contributed by atoms with Gasteiger partial charge in [0.15, 0.2) is 0 Å². The number of hydrogen-bond donors (Lipinski definition) is 1. The Labute approximate surface area is 139 Å². The number of fused-ring (bicyclic) bond motifs is 1. The molecule has 0 aliphatic heterocycles. The molecule has 100 valence electrons. The van der Waals surface area contributed by atoms with Crippen molar-refractivity contribution in [2.75, 3.05) is 0 Å². The fourth-order valence-corrected chi connectivity index (χ4v) is 3.17. The first kappa shape index (κ1) is 14.0. The van der Waals surface area contributed by atoms with E-state index < -0.39 is 6.10 Å². The fraction of sp³-hybridized carbons (Fsp3) is 0.0625. The highest BCUT2D eigenvalue weighted by molar-refractivity contribution is 14.1. The number of aliphatic hydroxyl groups is 1. The van der Waals surface area contributed by atoms with Crippen LogP contribution in [0.25, 0.3) is 10.9 Å². The smallest absolute Gasteiger partial charge is 0.105 e. The molecule has 0 aliphatic rings. The summed E-state index contributed by atoms with van der Waals surface area (Å²) in [6, 6.07) is 15.7. The van der Waals surface area contributed by atoms with Crippen molar-refractivity contribution in [3.8, 4) is 0 Å². The zero-order valence-electron chi connectivity index (χ0n) is 10.4. The molecule has 1 aromatic heterocycles. The van der Waals surface area contributed by atoms with Crippen LogP contribution in [0.1, 0.15) is 17.2 Å². The van der Waals surface area contributed by atoms with E-state index in [4.69, 9.17) is 0 Å². The van der Waals surface area contributed by atoms with Crippen molar-refractivity contribution >= 4 is 49.4 Å². The fourth-order valence-electron chi connectivity index (χ4n) is 2.16. The van der Waals surface area contributed by atoms with E-state index in [-0.39, 0.29) is 0 Å². The van der Waals surface area contributed by atoms with Crippen LogP contribution < -0.4 is 0 Å². The lowest BCUT2D eigenvalue weighted by atomic mass is 10.0. The maximum absolute atomic E-state index is 10.6. The molecule has 1 N–H and O–H groups in total. The van der Waals surface area contributed by atoms with Gasteiger partial charge in [0.1, 0.15) is 6.10 Å². The Balaban J connectivity index is 2.07. The highest BCUT2D eigenvalue weighted by atomic mass is 127. The van der Waals surface area contributed by atoms with E-state index in [1.54, 1.807) is 6.20 Å². The molecule has 0 spiro atoms. The third-order valence-electron chi connectivity index (χ3n) is 3.20. The summed E-state index contributed by atoms with van der Waals surface area (Å²) >= 11 is 5.69. The SMILES string of the molecule is OC(c1ccc2cccnc2c1)c1cc(Br)ccc1I. The van der Waals surface area contributed by atoms with Crippen molar-refractivity contribution in [1.29, 1.82) is 0 Å². The molecule has 3 rings (SSSR count). The molecule has 0 saturated carbocycles. The van der Waals surface area contributed by atoms with Crippen molar-refractivity contribution in [2.24, 2.45) is 0 Å². The predicted molar refractivity (Wildman–Crippen MR) is 92.7 cm³/mol. The second-order valence-corrected chi connectivity index (χ2v) is 6.60. The van der Waals surface area contributed by atoms with Crippen molar-refractivity contribution < 1.29 is 5.11 Å². The Hall–Kier alpha value is -0.980. The average Bonchev–Trinajstić information content (AvgIpc) is 2.48. The minimum atomic E-state index is -0.647. The summed E-state index contributed by atoms with van der Waals surface area (Å²) in [5.41, 5.74) is 2.65. The lowest BCUT2D eigenvalue weighted by molar-refractivity contribution is 0.219. The molecule has 0 amide bonds. The molecule has 1 heterocycles. The third kappa shape index (κ3) is 2.73. The minimum absolute atomic E-state index is 0.647. The van der Waals surface area contributed by atoms with Crippen LogP contribution in [0.3, 0.4) is 0 Å². The van der Waals surface area contributed by atoms with Crippen molar-refractivity contribution in [3.05, 3.63) is 73.9 Å². The van der Waals surface area contributed by atoms with Crippen molar-refractivity contribution in [1.82, 2.24) is 4.98 Å². The molecule has 4 heteroatoms. The average molecular weight is 440 g/mol. The molecular formula is C16H11BrINO. The van der Waals surface area contributed by atoms with Crippen LogP contribution >= 0.6 is 38.5 Å². The molecule has 0 aliphatic carbocycles. The van der Waals surface area contributed by atoms with Gasteiger partial charge in [0, 0.05) is 19.6 Å². The number of pyridine rings is 1. The van der Waals surface area contributed by atoms with Gasteiger partial charge in [-0.15, -0.1) is 0 Å². The molecule has 2 aromatic carbocycles. The summed E-state index contributed by atoms with van der Waals surface area (Å²) in [5, 5.41) is 11.7. The molecule has 0 saturated heterocycles. The van der Waals surface area contributed by atoms with Crippen LogP contribution in [0.15, 0.2) is 59.2 Å². The predicted octanol–water partition coefficient (Wildman–Crippen LogP) is 4.68. The molecular weight excluding hydrogens is 429 g/mol. The number of rotatable bonds is 2. The van der Waals surface area contributed by atoms with E-state index in [2.05, 4.69) is 43.5 Å². The second kappa shape index (κ2) is 5.79. The highest BCUT2D eigenvalue weighted by Gasteiger charge is 2.14. The summed E-state index contributed by atoms with van der Waals surface area (Å²) in [4.78, 5) is 4.34. The summed E-state index contributed by atoms with van der Waals surface area (Å²) in [7, 11) is 0. The Kier molecular flexibility index (Phi) is 4.05. The Bertz CT molecular complexity index is 775. The monoisotopic (exact) mass is 439 g/mol. The van der Waals surface area contributed by atoms with Crippen LogP contribution in [0.5, 0.6) is 0 Å². The summed E-state index contributed by atoms with van der Waals surface area (Å²) in [5.74, 6) is 0. The topological polar surface area (TPSA) is 33.1 Å². The van der Waals surface area contributed by atoms with E-state index in [0.717, 1.165) is 30.1 Å². The van der Waals surface area contributed by atoms with Gasteiger partial charge in [-0.3, -0.25) is 4.98 Å². The second-order valence-electron chi connectivity index (χ2n) is 4.52. The van der Waals surface area contributed by atoms with Crippen LogP contribution in [-0.4, -0.2) is 10.1 Å². The number of halogens is 2. The van der Waals surface area contributed by atoms with Crippen LogP contribution in [-0.2, 0) is 0 Å². The van der Waals surface area contributed by atoms with Crippen LogP contribution in [0.4, 0.5) is 0 Å². The van der Waals surface area contributed by atoms with E-state index in [1.807, 2.05) is 48.5 Å². The Morgan fingerprint density at radius 2 is 1.95 bits per heavy atom. The van der Waals surface area contributed by atoms with Gasteiger partial charge < -0.3 is 5.11 Å². The molecule has 2 nitrogen and oxygen atoms in total. The molecule has 0 fully saturated rings. The van der Waals surface area contributed by atoms with E-state index in [9.17, 15) is 5.11 Å². The van der Waals surface area contributed by atoms with Gasteiger partial charge in [-0.1, -0.05) is 34.1 Å². The van der Waals surface area contributed by atoms with Gasteiger partial charge in [-0.25, -0.2) is 0 Å². The van der Waals surface area contributed by atoms with E-state index in [1.165, 1.54) is 0 Å². The normalized spacial score (nSPS) is 12.6. The molecule has 0 bridgehead atoms. The van der Waals surface area contributed by atoms with Gasteiger partial charge >= 0.3 is 0 Å². The number of aliphatic hydroxyl groups excluding tert-OH is 1. The minimum Gasteiger partial charge on any atom is -0.384 e. The first-order chi connectivity index (χ1) is 9.65. The highest BCUT2D eigenvalue weighted by Crippen LogP contribution is 2.30. The summed E-state index contributed by atoms with van der Waals surface area (Å²) < 4.78 is 2.00. The molecule has 0 radical (unpaired) electrons. The zero-order chi connectivity index (χ0) is 14.1. The standard InChI is InChI=1S/C16H11BrINO/c17-12-5-6-14(18)13(9-12)16(20)11-4-3-10-2-1-7-19-15(10)8-11/h1-9,16,20H. The first-order valence-electron chi connectivity index (χ1n) is 6.13. The number of aromatic nitrogens is 1. The van der Waals surface area contributed by atoms with Gasteiger partial charge in [-0.05, 0) is 64.0 Å². The third-order valence-corrected chi connectivity index (χ3v) is 4.67. The van der Waals surface area contributed by atoms with Crippen LogP contribution in [0, 0.1) is 3.57 Å². The lowest BCUT2D eigenvalue weighted by Crippen LogP contribution is -2.02. The molecule has 20 heavy (non-hydrogen) atoms. The number of benzene rings is 2. The maximum Gasteiger partial charge on any atom is 0.105 e. The summed E-state index contributed by atoms with van der Waals surface area (Å²) in [6.45, 7) is 0. The van der Waals surface area contributed by atoms with Gasteiger partial charge in [-0.2, -0.15) is 0 Å². The molecule has 1 unspecified atom stereocenters. The zero-order valence-corrected chi connectivity index (χ0v) is 14.2. The Morgan fingerprint density at radius 1 is 1.10 bits per heavy atom. The van der Waals surface area contributed by atoms with Crippen LogP contribution in [0.2, 0.25) is 0 Å². The summed E-state index contributed by atoms with van der Waals surface area (Å²) in [6.07, 6.45) is 1.12. The molecule has 1 atom stereocenters. The largest absolute Gasteiger partial charge is 0.384 e. The van der Waals surface area contributed by atoms with Gasteiger partial charge in [0.05, 0.1) is 5.52 Å². The van der Waals surface area contributed by atoms with Gasteiger partial charge in [0.25, 0.3) is 0 Å². The van der Waals surface area contributed by atoms with E-state index in [0.29, 0.717) is 0 Å². The molecule has 3 aromatic rings. The number of hydrogen-bond acceptors (Lipinski definition) is 2. The van der Waals surface area contributed by atoms with Gasteiger partial charge in [0.2, 0.25) is 0 Å². The Morgan fingerprint density at radius 3 is 2.80 bits per heavy atom. The van der Waals surface area contributed by atoms with Crippen molar-refractivity contribution in [2.45, 2.75) is 6.10 Å².